The highest BCUT2D eigenvalue weighted by atomic mass is 32.2. The monoisotopic (exact) mass is 313 g/mol. The Hall–Kier alpha value is -1.84. The van der Waals surface area contributed by atoms with Gasteiger partial charge < -0.3 is 5.11 Å². The molecule has 0 saturated carbocycles. The Morgan fingerprint density at radius 1 is 1.45 bits per heavy atom. The van der Waals surface area contributed by atoms with Crippen LogP contribution in [0.25, 0.3) is 0 Å². The topological polar surface area (TPSA) is 109 Å². The Kier molecular flexibility index (Phi) is 4.42. The minimum absolute atomic E-state index is 0.158. The van der Waals surface area contributed by atoms with Gasteiger partial charge in [0.25, 0.3) is 10.0 Å². The molecule has 0 saturated heterocycles. The van der Waals surface area contributed by atoms with Crippen molar-refractivity contribution in [3.63, 3.8) is 0 Å². The van der Waals surface area contributed by atoms with Crippen molar-refractivity contribution in [2.75, 3.05) is 6.54 Å². The molecule has 20 heavy (non-hydrogen) atoms. The van der Waals surface area contributed by atoms with E-state index in [9.17, 15) is 13.2 Å². The van der Waals surface area contributed by atoms with E-state index >= 15 is 0 Å². The largest absolute Gasteiger partial charge is 0.476 e. The van der Waals surface area contributed by atoms with Crippen molar-refractivity contribution >= 4 is 27.3 Å². The molecule has 0 aliphatic carbocycles. The fraction of sp³-hybridized carbons (Fsp3) is 0.182. The number of hydrogen-bond donors (Lipinski definition) is 2. The van der Waals surface area contributed by atoms with E-state index in [2.05, 4.69) is 14.7 Å². The van der Waals surface area contributed by atoms with E-state index in [4.69, 9.17) is 5.11 Å². The highest BCUT2D eigenvalue weighted by Gasteiger charge is 2.25. The van der Waals surface area contributed by atoms with Gasteiger partial charge in [0.05, 0.1) is 5.51 Å². The van der Waals surface area contributed by atoms with Crippen molar-refractivity contribution in [2.24, 2.45) is 0 Å². The Bertz CT molecular complexity index is 697. The van der Waals surface area contributed by atoms with Crippen molar-refractivity contribution < 1.29 is 18.3 Å². The average molecular weight is 313 g/mol. The minimum atomic E-state index is -3.86. The zero-order chi connectivity index (χ0) is 14.6. The fourth-order valence-electron chi connectivity index (χ4n) is 1.51. The number of aromatic nitrogens is 2. The first-order valence-corrected chi connectivity index (χ1v) is 7.92. The van der Waals surface area contributed by atoms with Gasteiger partial charge >= 0.3 is 5.97 Å². The number of carboxylic acid groups (broad SMARTS) is 1. The first kappa shape index (κ1) is 14.6. The SMILES string of the molecule is O=C(O)c1ncsc1S(=O)(=O)NCCc1cccnc1. The number of pyridine rings is 1. The molecule has 0 aliphatic rings. The van der Waals surface area contributed by atoms with Crippen molar-refractivity contribution in [2.45, 2.75) is 10.6 Å². The molecule has 0 unspecified atom stereocenters. The first-order valence-electron chi connectivity index (χ1n) is 5.56. The van der Waals surface area contributed by atoms with Gasteiger partial charge in [0, 0.05) is 18.9 Å². The molecule has 2 rings (SSSR count). The van der Waals surface area contributed by atoms with E-state index in [1.54, 1.807) is 18.5 Å². The number of thiazole rings is 1. The van der Waals surface area contributed by atoms with Crippen LogP contribution in [0, 0.1) is 0 Å². The summed E-state index contributed by atoms with van der Waals surface area (Å²) in [5.41, 5.74) is 1.63. The summed E-state index contributed by atoms with van der Waals surface area (Å²) in [6.45, 7) is 0.158. The van der Waals surface area contributed by atoms with E-state index < -0.39 is 21.7 Å². The van der Waals surface area contributed by atoms with Crippen molar-refractivity contribution in [1.82, 2.24) is 14.7 Å². The number of carbonyl (C=O) groups is 1. The first-order chi connectivity index (χ1) is 9.50. The Morgan fingerprint density at radius 2 is 2.25 bits per heavy atom. The van der Waals surface area contributed by atoms with Crippen LogP contribution in [0.3, 0.4) is 0 Å². The molecule has 0 spiro atoms. The maximum Gasteiger partial charge on any atom is 0.356 e. The van der Waals surface area contributed by atoms with E-state index in [0.29, 0.717) is 6.42 Å². The summed E-state index contributed by atoms with van der Waals surface area (Å²) in [5, 5.41) is 8.86. The number of nitrogens with zero attached hydrogens (tertiary/aromatic N) is 2. The predicted octanol–water partition coefficient (Wildman–Crippen LogP) is 0.757. The molecule has 0 radical (unpaired) electrons. The predicted molar refractivity (Wildman–Crippen MR) is 72.2 cm³/mol. The maximum absolute atomic E-state index is 12.0. The van der Waals surface area contributed by atoms with Gasteiger partial charge in [0.15, 0.2) is 9.90 Å². The van der Waals surface area contributed by atoms with Crippen molar-refractivity contribution in [3.05, 3.63) is 41.3 Å². The molecule has 9 heteroatoms. The van der Waals surface area contributed by atoms with Gasteiger partial charge in [-0.1, -0.05) is 6.07 Å². The molecule has 2 aromatic rings. The normalized spacial score (nSPS) is 11.4. The number of nitrogens with one attached hydrogen (secondary N) is 1. The summed E-state index contributed by atoms with van der Waals surface area (Å²) < 4.78 is 26.1. The van der Waals surface area contributed by atoms with Crippen LogP contribution in [0.4, 0.5) is 0 Å². The van der Waals surface area contributed by atoms with Gasteiger partial charge in [-0.2, -0.15) is 0 Å². The zero-order valence-corrected chi connectivity index (χ0v) is 11.8. The third-order valence-corrected chi connectivity index (χ3v) is 5.24. The molecule has 0 aliphatic heterocycles. The van der Waals surface area contributed by atoms with Crippen LogP contribution < -0.4 is 4.72 Å². The second kappa shape index (κ2) is 6.07. The molecular weight excluding hydrogens is 302 g/mol. The number of aromatic carboxylic acids is 1. The highest BCUT2D eigenvalue weighted by Crippen LogP contribution is 2.19. The van der Waals surface area contributed by atoms with Crippen LogP contribution in [0.2, 0.25) is 0 Å². The maximum atomic E-state index is 12.0. The van der Waals surface area contributed by atoms with Crippen LogP contribution in [0.1, 0.15) is 16.1 Å². The van der Waals surface area contributed by atoms with Crippen LogP contribution in [0.15, 0.2) is 34.2 Å². The molecule has 2 aromatic heterocycles. The van der Waals surface area contributed by atoms with Gasteiger partial charge in [-0.15, -0.1) is 11.3 Å². The highest BCUT2D eigenvalue weighted by molar-refractivity contribution is 7.91. The zero-order valence-electron chi connectivity index (χ0n) is 10.2. The molecule has 2 N–H and O–H groups in total. The molecular formula is C11H11N3O4S2. The quantitative estimate of drug-likeness (QED) is 0.814. The molecule has 0 atom stereocenters. The lowest BCUT2D eigenvalue weighted by Gasteiger charge is -2.05. The number of carboxylic acids is 1. The number of rotatable bonds is 6. The van der Waals surface area contributed by atoms with Gasteiger partial charge in [0.2, 0.25) is 0 Å². The smallest absolute Gasteiger partial charge is 0.356 e. The Balaban J connectivity index is 2.04. The summed E-state index contributed by atoms with van der Waals surface area (Å²) in [7, 11) is -3.86. The molecule has 7 nitrogen and oxygen atoms in total. The molecule has 2 heterocycles. The molecule has 0 aromatic carbocycles. The molecule has 0 fully saturated rings. The van der Waals surface area contributed by atoms with Crippen LogP contribution in [0.5, 0.6) is 0 Å². The Morgan fingerprint density at radius 3 is 2.90 bits per heavy atom. The summed E-state index contributed by atoms with van der Waals surface area (Å²) >= 11 is 0.776. The molecule has 0 amide bonds. The van der Waals surface area contributed by atoms with Gasteiger partial charge in [0.1, 0.15) is 0 Å². The standard InChI is InChI=1S/C11H11N3O4S2/c15-10(16)9-11(19-7-13-9)20(17,18)14-5-3-8-2-1-4-12-6-8/h1-2,4,6-7,14H,3,5H2,(H,15,16). The second-order valence-corrected chi connectivity index (χ2v) is 6.62. The fourth-order valence-corrected chi connectivity index (χ4v) is 3.72. The molecule has 106 valence electrons. The van der Waals surface area contributed by atoms with Gasteiger partial charge in [-0.25, -0.2) is 22.9 Å². The minimum Gasteiger partial charge on any atom is -0.476 e. The van der Waals surface area contributed by atoms with E-state index in [1.807, 2.05) is 6.07 Å². The summed E-state index contributed by atoms with van der Waals surface area (Å²) in [4.78, 5) is 18.3. The Labute approximate surface area is 119 Å². The lowest BCUT2D eigenvalue weighted by atomic mass is 10.2. The second-order valence-electron chi connectivity index (χ2n) is 3.80. The lowest BCUT2D eigenvalue weighted by Crippen LogP contribution is -2.26. The van der Waals surface area contributed by atoms with Crippen LogP contribution >= 0.6 is 11.3 Å². The summed E-state index contributed by atoms with van der Waals surface area (Å²) in [5.74, 6) is -1.36. The van der Waals surface area contributed by atoms with E-state index in [-0.39, 0.29) is 10.8 Å². The van der Waals surface area contributed by atoms with Gasteiger partial charge in [-0.3, -0.25) is 4.98 Å². The third kappa shape index (κ3) is 3.38. The van der Waals surface area contributed by atoms with E-state index in [0.717, 1.165) is 16.9 Å². The lowest BCUT2D eigenvalue weighted by molar-refractivity contribution is 0.0687. The summed E-state index contributed by atoms with van der Waals surface area (Å²) in [6, 6.07) is 3.59. The average Bonchev–Trinajstić information content (AvgIpc) is 2.90. The molecule has 0 bridgehead atoms. The number of hydrogen-bond acceptors (Lipinski definition) is 6. The van der Waals surface area contributed by atoms with Crippen LogP contribution in [-0.4, -0.2) is 36.0 Å². The van der Waals surface area contributed by atoms with Crippen molar-refractivity contribution in [1.29, 1.82) is 0 Å². The van der Waals surface area contributed by atoms with Crippen LogP contribution in [-0.2, 0) is 16.4 Å². The van der Waals surface area contributed by atoms with Crippen molar-refractivity contribution in [3.8, 4) is 0 Å². The third-order valence-electron chi connectivity index (χ3n) is 2.41. The summed E-state index contributed by atoms with van der Waals surface area (Å²) in [6.07, 6.45) is 3.74. The van der Waals surface area contributed by atoms with Gasteiger partial charge in [-0.05, 0) is 18.1 Å². The number of sulfonamides is 1. The van der Waals surface area contributed by atoms with E-state index in [1.165, 1.54) is 5.51 Å².